The smallest absolute Gasteiger partial charge is 0.490 e. The minimum Gasteiger partial charge on any atom is -0.490 e. The number of hydrogen-bond donors (Lipinski definition) is 2. The van der Waals surface area contributed by atoms with E-state index in [0.717, 1.165) is 41.7 Å². The van der Waals surface area contributed by atoms with Crippen molar-refractivity contribution in [2.75, 3.05) is 6.61 Å². The third kappa shape index (κ3) is 5.36. The molecule has 0 radical (unpaired) electrons. The molecule has 12 heteroatoms. The molecular weight excluding hydrogens is 517 g/mol. The van der Waals surface area contributed by atoms with E-state index < -0.39 is 17.7 Å². The first-order valence-electron chi connectivity index (χ1n) is 12.7. The molecule has 2 aliphatic heterocycles. The van der Waals surface area contributed by atoms with Gasteiger partial charge in [-0.25, -0.2) is 9.79 Å². The number of alkyl halides is 3. The number of rotatable bonds is 3. The van der Waals surface area contributed by atoms with Crippen LogP contribution in [0.25, 0.3) is 11.1 Å². The van der Waals surface area contributed by atoms with Gasteiger partial charge in [0.25, 0.3) is 6.02 Å². The Morgan fingerprint density at radius 3 is 2.54 bits per heavy atom. The predicted molar refractivity (Wildman–Crippen MR) is 132 cm³/mol. The predicted octanol–water partition coefficient (Wildman–Crippen LogP) is 4.29. The molecule has 3 heterocycles. The van der Waals surface area contributed by atoms with Gasteiger partial charge in [-0.3, -0.25) is 4.98 Å². The number of carboxylic acids is 1. The average Bonchev–Trinajstić information content (AvgIpc) is 3.28. The Morgan fingerprint density at radius 1 is 1.15 bits per heavy atom. The van der Waals surface area contributed by atoms with Crippen LogP contribution in [0, 0.1) is 17.2 Å². The van der Waals surface area contributed by atoms with Crippen LogP contribution in [0.2, 0.25) is 0 Å². The molecule has 6 rings (SSSR count). The molecule has 1 spiro atoms. The van der Waals surface area contributed by atoms with E-state index in [-0.39, 0.29) is 24.1 Å². The van der Waals surface area contributed by atoms with Crippen LogP contribution in [-0.2, 0) is 19.8 Å². The molecule has 2 aliphatic carbocycles. The van der Waals surface area contributed by atoms with E-state index in [9.17, 15) is 18.4 Å². The van der Waals surface area contributed by atoms with E-state index >= 15 is 0 Å². The fourth-order valence-electron chi connectivity index (χ4n) is 5.60. The number of aromatic nitrogens is 1. The molecule has 39 heavy (non-hydrogen) atoms. The Bertz CT molecular complexity index is 1320. The molecule has 1 aromatic heterocycles. The maximum atomic E-state index is 10.6. The van der Waals surface area contributed by atoms with E-state index in [4.69, 9.17) is 34.8 Å². The fraction of sp³-hybridized carbons (Fsp3) is 0.481. The summed E-state index contributed by atoms with van der Waals surface area (Å²) < 4.78 is 50.4. The Hall–Kier alpha value is -3.85. The number of nitrogens with zero attached hydrogens (tertiary/aromatic N) is 3. The number of nitrogens with two attached hydrogens (primary N) is 1. The van der Waals surface area contributed by atoms with Gasteiger partial charge >= 0.3 is 12.1 Å². The molecule has 1 aromatic carbocycles. The monoisotopic (exact) mass is 544 g/mol. The molecule has 2 saturated carbocycles. The van der Waals surface area contributed by atoms with Gasteiger partial charge < -0.3 is 25.1 Å². The van der Waals surface area contributed by atoms with Gasteiger partial charge in [-0.15, -0.1) is 0 Å². The van der Waals surface area contributed by atoms with Crippen molar-refractivity contribution in [3.05, 3.63) is 47.8 Å². The van der Waals surface area contributed by atoms with Crippen LogP contribution in [0.15, 0.2) is 41.7 Å². The highest BCUT2D eigenvalue weighted by Crippen LogP contribution is 2.53. The molecule has 2 fully saturated rings. The van der Waals surface area contributed by atoms with Crippen molar-refractivity contribution in [1.29, 1.82) is 5.26 Å². The van der Waals surface area contributed by atoms with Gasteiger partial charge in [-0.1, -0.05) is 6.07 Å². The largest absolute Gasteiger partial charge is 0.490 e. The third-order valence-corrected chi connectivity index (χ3v) is 7.71. The lowest BCUT2D eigenvalue weighted by Crippen LogP contribution is -2.52. The number of ether oxygens (including phenoxy) is 3. The van der Waals surface area contributed by atoms with Gasteiger partial charge in [0.1, 0.15) is 30.1 Å². The van der Waals surface area contributed by atoms with Crippen LogP contribution in [0.1, 0.15) is 49.7 Å². The van der Waals surface area contributed by atoms with Crippen LogP contribution in [0.3, 0.4) is 0 Å². The second-order valence-electron chi connectivity index (χ2n) is 10.1. The Morgan fingerprint density at radius 2 is 1.92 bits per heavy atom. The van der Waals surface area contributed by atoms with Gasteiger partial charge in [-0.05, 0) is 62.3 Å². The maximum Gasteiger partial charge on any atom is 0.490 e. The molecule has 4 aliphatic rings. The van der Waals surface area contributed by atoms with Crippen LogP contribution in [0.4, 0.5) is 13.2 Å². The van der Waals surface area contributed by atoms with E-state index in [2.05, 4.69) is 17.1 Å². The van der Waals surface area contributed by atoms with Gasteiger partial charge in [0.05, 0.1) is 17.8 Å². The highest BCUT2D eigenvalue weighted by Gasteiger charge is 2.56. The van der Waals surface area contributed by atoms with E-state index in [0.29, 0.717) is 18.3 Å². The zero-order valence-electron chi connectivity index (χ0n) is 20.9. The van der Waals surface area contributed by atoms with Gasteiger partial charge in [0.15, 0.2) is 0 Å². The number of aliphatic carboxylic acids is 1. The molecule has 0 bridgehead atoms. The zero-order chi connectivity index (χ0) is 27.8. The number of nitriles is 1. The summed E-state index contributed by atoms with van der Waals surface area (Å²) in [5.74, 6) is -1.79. The zero-order valence-corrected chi connectivity index (χ0v) is 20.9. The lowest BCUT2D eigenvalue weighted by atomic mass is 9.67. The van der Waals surface area contributed by atoms with Crippen molar-refractivity contribution in [3.8, 4) is 22.9 Å². The number of carboxylic acid groups (broad SMARTS) is 1. The molecule has 206 valence electrons. The van der Waals surface area contributed by atoms with Crippen LogP contribution < -0.4 is 10.5 Å². The molecule has 1 unspecified atom stereocenters. The molecule has 4 atom stereocenters. The summed E-state index contributed by atoms with van der Waals surface area (Å²) in [7, 11) is 0. The topological polar surface area (TPSA) is 140 Å². The van der Waals surface area contributed by atoms with Crippen molar-refractivity contribution >= 4 is 12.0 Å². The number of aliphatic imine (C=N–C) groups is 1. The lowest BCUT2D eigenvalue weighted by Gasteiger charge is -2.48. The number of amidine groups is 1. The van der Waals surface area contributed by atoms with E-state index in [1.165, 1.54) is 19.3 Å². The summed E-state index contributed by atoms with van der Waals surface area (Å²) in [5.41, 5.74) is 8.85. The van der Waals surface area contributed by atoms with Crippen molar-refractivity contribution in [2.24, 2.45) is 16.6 Å². The molecule has 0 amide bonds. The van der Waals surface area contributed by atoms with Crippen molar-refractivity contribution in [1.82, 2.24) is 4.98 Å². The van der Waals surface area contributed by atoms with Crippen molar-refractivity contribution in [3.63, 3.8) is 0 Å². The normalized spacial score (nSPS) is 27.3. The first-order chi connectivity index (χ1) is 18.6. The van der Waals surface area contributed by atoms with E-state index in [1.807, 2.05) is 18.2 Å². The highest BCUT2D eigenvalue weighted by atomic mass is 19.4. The van der Waals surface area contributed by atoms with Gasteiger partial charge in [0, 0.05) is 29.4 Å². The summed E-state index contributed by atoms with van der Waals surface area (Å²) in [4.78, 5) is 18.0. The van der Waals surface area contributed by atoms with Crippen molar-refractivity contribution < 1.29 is 37.3 Å². The Labute approximate surface area is 222 Å². The Balaban J connectivity index is 0.000000392. The van der Waals surface area contributed by atoms with Gasteiger partial charge in [0.2, 0.25) is 0 Å². The van der Waals surface area contributed by atoms with Crippen LogP contribution in [0.5, 0.6) is 5.75 Å². The molecule has 2 aromatic rings. The van der Waals surface area contributed by atoms with Crippen molar-refractivity contribution in [2.45, 2.75) is 68.6 Å². The first kappa shape index (κ1) is 26.7. The number of pyridine rings is 1. The Kier molecular flexibility index (Phi) is 7.11. The van der Waals surface area contributed by atoms with Gasteiger partial charge in [-0.2, -0.15) is 18.4 Å². The summed E-state index contributed by atoms with van der Waals surface area (Å²) in [6, 6.07) is 10.4. The minimum absolute atomic E-state index is 0.0661. The second-order valence-corrected chi connectivity index (χ2v) is 10.1. The molecule has 0 saturated heterocycles. The summed E-state index contributed by atoms with van der Waals surface area (Å²) in [5, 5.41) is 16.4. The third-order valence-electron chi connectivity index (χ3n) is 7.71. The van der Waals surface area contributed by atoms with Crippen LogP contribution >= 0.6 is 0 Å². The SMILES string of the molecule is N#Cc1cncc(-c2ccc3c(c2)C2(COC(N)=N2)[C@H]2C[C@@H](OC4CCC4)CC[C@@H]2O3)c1.O=C(O)C(F)(F)F. The number of halogens is 3. The summed E-state index contributed by atoms with van der Waals surface area (Å²) in [6.45, 7) is 0.409. The number of carbonyl (C=O) groups is 1. The number of fused-ring (bicyclic) bond motifs is 4. The minimum atomic E-state index is -5.08. The van der Waals surface area contributed by atoms with Crippen LogP contribution in [-0.4, -0.2) is 53.2 Å². The molecule has 3 N–H and O–H groups in total. The maximum absolute atomic E-state index is 10.6. The van der Waals surface area contributed by atoms with E-state index in [1.54, 1.807) is 12.4 Å². The highest BCUT2D eigenvalue weighted by molar-refractivity contribution is 5.75. The second kappa shape index (κ2) is 10.4. The standard InChI is InChI=1S/C25H26N4O3.C2HF3O2/c26-11-15-8-17(13-28-12-15)16-4-6-22-20(9-16)25(14-30-24(27)29-25)21-10-19(5-7-23(21)32-22)31-18-2-1-3-18;3-2(4,5)1(6)7/h4,6,8-9,12-13,18-19,21,23H,1-3,5,7,10,14H2,(H2,27,29);(H,6,7)/t19-,21-,23-,25?;/m0./s1. The summed E-state index contributed by atoms with van der Waals surface area (Å²) >= 11 is 0. The lowest BCUT2D eigenvalue weighted by molar-refractivity contribution is -0.192. The average molecular weight is 545 g/mol. The number of hydrogen-bond acceptors (Lipinski definition) is 8. The summed E-state index contributed by atoms with van der Waals surface area (Å²) in [6.07, 6.45) is 5.39. The number of benzene rings is 1. The molecular formula is C27H27F3N4O5. The first-order valence-corrected chi connectivity index (χ1v) is 12.7. The fourth-order valence-corrected chi connectivity index (χ4v) is 5.60. The quantitative estimate of drug-likeness (QED) is 0.583. The molecule has 9 nitrogen and oxygen atoms in total.